The summed E-state index contributed by atoms with van der Waals surface area (Å²) in [7, 11) is 1.63. The lowest BCUT2D eigenvalue weighted by Crippen LogP contribution is -2.49. The number of rotatable bonds is 5. The number of nitrogens with zero attached hydrogens (tertiary/aromatic N) is 6. The first kappa shape index (κ1) is 22.1. The molecule has 0 atom stereocenters. The topological polar surface area (TPSA) is 85.3 Å². The SMILES string of the molecule is COc1cccc(-c2nc(N3CCN(C(C)C)CC3)nc3nn(-c4cccc(F)c4)c(N)c23)c1. The first-order chi connectivity index (χ1) is 16.4. The third kappa shape index (κ3) is 4.03. The van der Waals surface area contributed by atoms with Crippen molar-refractivity contribution in [2.24, 2.45) is 0 Å². The number of anilines is 2. The number of methoxy groups -OCH3 is 1. The van der Waals surface area contributed by atoms with Crippen LogP contribution in [0.25, 0.3) is 28.0 Å². The molecule has 1 aliphatic heterocycles. The van der Waals surface area contributed by atoms with E-state index in [1.807, 2.05) is 24.3 Å². The molecule has 9 heteroatoms. The van der Waals surface area contributed by atoms with E-state index in [2.05, 4.69) is 28.7 Å². The van der Waals surface area contributed by atoms with Gasteiger partial charge in [-0.15, -0.1) is 5.10 Å². The molecule has 0 radical (unpaired) electrons. The fraction of sp³-hybridized carbons (Fsp3) is 0.320. The third-order valence-corrected chi connectivity index (χ3v) is 6.28. The average Bonchev–Trinajstić information content (AvgIpc) is 3.20. The summed E-state index contributed by atoms with van der Waals surface area (Å²) in [6.07, 6.45) is 0. The maximum absolute atomic E-state index is 13.9. The Balaban J connectivity index is 1.66. The number of hydrogen-bond acceptors (Lipinski definition) is 7. The summed E-state index contributed by atoms with van der Waals surface area (Å²) in [6.45, 7) is 7.94. The van der Waals surface area contributed by atoms with E-state index in [4.69, 9.17) is 20.4 Å². The molecule has 0 amide bonds. The maximum atomic E-state index is 13.9. The van der Waals surface area contributed by atoms with Crippen molar-refractivity contribution in [3.8, 4) is 22.7 Å². The molecular formula is C25H28FN7O. The van der Waals surface area contributed by atoms with Crippen LogP contribution in [0.5, 0.6) is 5.75 Å². The minimum atomic E-state index is -0.362. The van der Waals surface area contributed by atoms with Crippen LogP contribution in [-0.2, 0) is 0 Å². The predicted octanol–water partition coefficient (Wildman–Crippen LogP) is 3.74. The number of fused-ring (bicyclic) bond motifs is 1. The second kappa shape index (κ2) is 8.90. The second-order valence-corrected chi connectivity index (χ2v) is 8.70. The highest BCUT2D eigenvalue weighted by atomic mass is 19.1. The predicted molar refractivity (Wildman–Crippen MR) is 132 cm³/mol. The molecule has 2 aromatic heterocycles. The van der Waals surface area contributed by atoms with Gasteiger partial charge in [-0.05, 0) is 44.2 Å². The molecule has 34 heavy (non-hydrogen) atoms. The van der Waals surface area contributed by atoms with Gasteiger partial charge in [0.2, 0.25) is 5.95 Å². The maximum Gasteiger partial charge on any atom is 0.228 e. The number of nitrogen functional groups attached to an aromatic ring is 1. The Bertz CT molecular complexity index is 1330. The number of halogens is 1. The lowest BCUT2D eigenvalue weighted by Gasteiger charge is -2.36. The minimum absolute atomic E-state index is 0.356. The van der Waals surface area contributed by atoms with Gasteiger partial charge in [0.1, 0.15) is 17.4 Å². The van der Waals surface area contributed by atoms with E-state index in [0.29, 0.717) is 46.0 Å². The van der Waals surface area contributed by atoms with Crippen LogP contribution in [0.3, 0.4) is 0 Å². The van der Waals surface area contributed by atoms with E-state index in [9.17, 15) is 4.39 Å². The first-order valence-electron chi connectivity index (χ1n) is 11.4. The highest BCUT2D eigenvalue weighted by Gasteiger charge is 2.25. The van der Waals surface area contributed by atoms with Gasteiger partial charge in [-0.1, -0.05) is 18.2 Å². The van der Waals surface area contributed by atoms with E-state index in [1.165, 1.54) is 16.8 Å². The molecule has 0 spiro atoms. The molecule has 0 unspecified atom stereocenters. The van der Waals surface area contributed by atoms with E-state index in [-0.39, 0.29) is 5.82 Å². The normalized spacial score (nSPS) is 14.8. The van der Waals surface area contributed by atoms with E-state index >= 15 is 0 Å². The smallest absolute Gasteiger partial charge is 0.228 e. The highest BCUT2D eigenvalue weighted by Crippen LogP contribution is 2.35. The van der Waals surface area contributed by atoms with Crippen LogP contribution in [0, 0.1) is 5.82 Å². The molecule has 8 nitrogen and oxygen atoms in total. The van der Waals surface area contributed by atoms with Crippen molar-refractivity contribution in [2.75, 3.05) is 43.9 Å². The van der Waals surface area contributed by atoms with Crippen LogP contribution < -0.4 is 15.4 Å². The summed E-state index contributed by atoms with van der Waals surface area (Å²) in [4.78, 5) is 14.4. The van der Waals surface area contributed by atoms with Crippen LogP contribution >= 0.6 is 0 Å². The van der Waals surface area contributed by atoms with E-state index < -0.39 is 0 Å². The molecule has 5 rings (SSSR count). The quantitative estimate of drug-likeness (QED) is 0.485. The Morgan fingerprint density at radius 3 is 2.47 bits per heavy atom. The van der Waals surface area contributed by atoms with Crippen molar-refractivity contribution in [2.45, 2.75) is 19.9 Å². The zero-order chi connectivity index (χ0) is 23.8. The second-order valence-electron chi connectivity index (χ2n) is 8.70. The highest BCUT2D eigenvalue weighted by molar-refractivity contribution is 5.99. The average molecular weight is 462 g/mol. The number of aromatic nitrogens is 4. The monoisotopic (exact) mass is 461 g/mol. The molecule has 0 saturated carbocycles. The number of benzene rings is 2. The molecule has 1 fully saturated rings. The van der Waals surface area contributed by atoms with Gasteiger partial charge in [0.25, 0.3) is 0 Å². The van der Waals surface area contributed by atoms with Gasteiger partial charge >= 0.3 is 0 Å². The number of ether oxygens (including phenoxy) is 1. The van der Waals surface area contributed by atoms with Crippen molar-refractivity contribution in [3.05, 3.63) is 54.3 Å². The lowest BCUT2D eigenvalue weighted by molar-refractivity contribution is 0.208. The van der Waals surface area contributed by atoms with E-state index in [0.717, 1.165) is 31.7 Å². The summed E-state index contributed by atoms with van der Waals surface area (Å²) in [5.41, 5.74) is 9.07. The Labute approximate surface area is 197 Å². The molecule has 176 valence electrons. The molecule has 2 aromatic carbocycles. The van der Waals surface area contributed by atoms with Gasteiger partial charge in [0.15, 0.2) is 5.65 Å². The largest absolute Gasteiger partial charge is 0.497 e. The molecule has 1 saturated heterocycles. The standard InChI is InChI=1S/C25H28FN7O/c1-16(2)31-10-12-32(13-11-31)25-28-22(17-6-4-9-20(14-17)34-3)21-23(27)33(30-24(21)29-25)19-8-5-7-18(26)15-19/h4-9,14-16H,10-13,27H2,1-3H3. The molecule has 3 heterocycles. The van der Waals surface area contributed by atoms with Crippen molar-refractivity contribution < 1.29 is 9.13 Å². The van der Waals surface area contributed by atoms with Gasteiger partial charge in [0, 0.05) is 37.8 Å². The zero-order valence-corrected chi connectivity index (χ0v) is 19.6. The van der Waals surface area contributed by atoms with Gasteiger partial charge in [-0.2, -0.15) is 4.98 Å². The number of hydrogen-bond donors (Lipinski definition) is 1. The van der Waals surface area contributed by atoms with E-state index in [1.54, 1.807) is 19.2 Å². The Hall–Kier alpha value is -3.72. The lowest BCUT2D eigenvalue weighted by atomic mass is 10.1. The molecule has 1 aliphatic rings. The number of piperazine rings is 1. The Morgan fingerprint density at radius 1 is 1.00 bits per heavy atom. The fourth-order valence-electron chi connectivity index (χ4n) is 4.36. The molecule has 2 N–H and O–H groups in total. The molecule has 4 aromatic rings. The summed E-state index contributed by atoms with van der Waals surface area (Å²) in [5, 5.41) is 5.28. The van der Waals surface area contributed by atoms with Crippen molar-refractivity contribution in [3.63, 3.8) is 0 Å². The van der Waals surface area contributed by atoms with Gasteiger partial charge in [0.05, 0.1) is 23.9 Å². The Kier molecular flexibility index (Phi) is 5.79. The molecular weight excluding hydrogens is 433 g/mol. The fourth-order valence-corrected chi connectivity index (χ4v) is 4.36. The summed E-state index contributed by atoms with van der Waals surface area (Å²) in [6, 6.07) is 14.3. The van der Waals surface area contributed by atoms with Crippen LogP contribution in [0.1, 0.15) is 13.8 Å². The minimum Gasteiger partial charge on any atom is -0.497 e. The van der Waals surface area contributed by atoms with Gasteiger partial charge < -0.3 is 15.4 Å². The van der Waals surface area contributed by atoms with Gasteiger partial charge in [-0.3, -0.25) is 4.90 Å². The first-order valence-corrected chi connectivity index (χ1v) is 11.4. The van der Waals surface area contributed by atoms with Crippen molar-refractivity contribution in [1.29, 1.82) is 0 Å². The van der Waals surface area contributed by atoms with Crippen LogP contribution in [0.4, 0.5) is 16.2 Å². The van der Waals surface area contributed by atoms with Crippen molar-refractivity contribution in [1.82, 2.24) is 24.6 Å². The Morgan fingerprint density at radius 2 is 1.76 bits per heavy atom. The van der Waals surface area contributed by atoms with Crippen LogP contribution in [0.2, 0.25) is 0 Å². The molecule has 0 bridgehead atoms. The van der Waals surface area contributed by atoms with Gasteiger partial charge in [-0.25, -0.2) is 14.1 Å². The van der Waals surface area contributed by atoms with Crippen molar-refractivity contribution >= 4 is 22.8 Å². The summed E-state index contributed by atoms with van der Waals surface area (Å²) < 4.78 is 20.9. The third-order valence-electron chi connectivity index (χ3n) is 6.28. The molecule has 0 aliphatic carbocycles. The van der Waals surface area contributed by atoms with Crippen LogP contribution in [0.15, 0.2) is 48.5 Å². The zero-order valence-electron chi connectivity index (χ0n) is 19.6. The summed E-state index contributed by atoms with van der Waals surface area (Å²) >= 11 is 0. The summed E-state index contributed by atoms with van der Waals surface area (Å²) in [5.74, 6) is 1.32. The number of nitrogens with two attached hydrogens (primary N) is 1. The van der Waals surface area contributed by atoms with Crippen LogP contribution in [-0.4, -0.2) is 64.0 Å².